The van der Waals surface area contributed by atoms with Crippen LogP contribution >= 0.6 is 11.6 Å². The third kappa shape index (κ3) is 5.32. The zero-order chi connectivity index (χ0) is 19.3. The maximum absolute atomic E-state index is 12.3. The summed E-state index contributed by atoms with van der Waals surface area (Å²) in [4.78, 5) is 12.1. The molecule has 0 fully saturated rings. The first-order chi connectivity index (χ1) is 12.9. The average molecular weight is 401 g/mol. The van der Waals surface area contributed by atoms with Crippen molar-refractivity contribution in [2.75, 3.05) is 4.72 Å². The van der Waals surface area contributed by atoms with Crippen molar-refractivity contribution < 1.29 is 8.42 Å². The van der Waals surface area contributed by atoms with Crippen LogP contribution in [0.2, 0.25) is 5.02 Å². The monoisotopic (exact) mass is 400 g/mol. The Labute approximate surface area is 162 Å². The fourth-order valence-electron chi connectivity index (χ4n) is 2.46. The first-order valence-corrected chi connectivity index (χ1v) is 10.1. The number of anilines is 1. The highest BCUT2D eigenvalue weighted by molar-refractivity contribution is 7.95. The van der Waals surface area contributed by atoms with Gasteiger partial charge in [0.1, 0.15) is 0 Å². The van der Waals surface area contributed by atoms with Gasteiger partial charge in [-0.1, -0.05) is 60.1 Å². The maximum atomic E-state index is 12.3. The molecule has 3 aromatic rings. The molecule has 0 aliphatic carbocycles. The number of benzene rings is 2. The Hall–Kier alpha value is -2.83. The van der Waals surface area contributed by atoms with Gasteiger partial charge in [0, 0.05) is 17.3 Å². The summed E-state index contributed by atoms with van der Waals surface area (Å²) >= 11 is 6.14. The van der Waals surface area contributed by atoms with Crippen LogP contribution in [0, 0.1) is 0 Å². The summed E-state index contributed by atoms with van der Waals surface area (Å²) in [6.45, 7) is 0.244. The molecule has 0 aliphatic heterocycles. The first-order valence-electron chi connectivity index (χ1n) is 8.13. The Morgan fingerprint density at radius 3 is 2.41 bits per heavy atom. The molecule has 0 bridgehead atoms. The highest BCUT2D eigenvalue weighted by Gasteiger charge is 2.08. The Morgan fingerprint density at radius 2 is 1.67 bits per heavy atom. The minimum absolute atomic E-state index is 0.244. The molecular weight excluding hydrogens is 384 g/mol. The Morgan fingerprint density at radius 1 is 0.963 bits per heavy atom. The van der Waals surface area contributed by atoms with Gasteiger partial charge in [0.2, 0.25) is 0 Å². The summed E-state index contributed by atoms with van der Waals surface area (Å²) < 4.78 is 28.4. The molecule has 0 aliphatic rings. The third-order valence-corrected chi connectivity index (χ3v) is 5.16. The second kappa shape index (κ2) is 8.24. The second-order valence-corrected chi connectivity index (χ2v) is 7.81. The number of nitrogens with one attached hydrogen (secondary N) is 1. The van der Waals surface area contributed by atoms with Gasteiger partial charge in [0.25, 0.3) is 15.6 Å². The zero-order valence-electron chi connectivity index (χ0n) is 14.2. The summed E-state index contributed by atoms with van der Waals surface area (Å²) in [6.07, 6.45) is 2.96. The van der Waals surface area contributed by atoms with E-state index in [0.29, 0.717) is 10.7 Å². The molecular formula is C20H17ClN2O3S. The van der Waals surface area contributed by atoms with Gasteiger partial charge in [-0.2, -0.15) is 0 Å². The van der Waals surface area contributed by atoms with Crippen molar-refractivity contribution in [3.63, 3.8) is 0 Å². The minimum Gasteiger partial charge on any atom is -0.309 e. The highest BCUT2D eigenvalue weighted by Crippen LogP contribution is 2.16. The SMILES string of the molecule is O=c1ccc(NS(=O)(=O)/C=C/c2ccccc2)cn1Cc1ccccc1Cl. The average Bonchev–Trinajstić information content (AvgIpc) is 2.65. The fourth-order valence-corrected chi connectivity index (χ4v) is 3.51. The Balaban J connectivity index is 1.80. The summed E-state index contributed by atoms with van der Waals surface area (Å²) in [5, 5.41) is 1.63. The van der Waals surface area contributed by atoms with E-state index in [1.165, 1.54) is 29.0 Å². The number of pyridine rings is 1. The summed E-state index contributed by atoms with van der Waals surface area (Å²) in [5.41, 5.74) is 1.58. The zero-order valence-corrected chi connectivity index (χ0v) is 15.8. The van der Waals surface area contributed by atoms with Crippen LogP contribution in [0.5, 0.6) is 0 Å². The van der Waals surface area contributed by atoms with Crippen LogP contribution in [-0.4, -0.2) is 13.0 Å². The molecule has 2 aromatic carbocycles. The molecule has 0 saturated heterocycles. The van der Waals surface area contributed by atoms with Gasteiger partial charge in [-0.05, 0) is 29.3 Å². The van der Waals surface area contributed by atoms with E-state index in [2.05, 4.69) is 4.72 Å². The molecule has 0 spiro atoms. The van der Waals surface area contributed by atoms with Gasteiger partial charge >= 0.3 is 0 Å². The molecule has 1 N–H and O–H groups in total. The van der Waals surface area contributed by atoms with Crippen molar-refractivity contribution in [3.05, 3.63) is 105 Å². The smallest absolute Gasteiger partial charge is 0.255 e. The van der Waals surface area contributed by atoms with Crippen LogP contribution in [0.15, 0.2) is 83.1 Å². The van der Waals surface area contributed by atoms with Crippen LogP contribution in [-0.2, 0) is 16.6 Å². The van der Waals surface area contributed by atoms with Gasteiger partial charge < -0.3 is 4.57 Å². The second-order valence-electron chi connectivity index (χ2n) is 5.84. The van der Waals surface area contributed by atoms with Crippen LogP contribution in [0.4, 0.5) is 5.69 Å². The van der Waals surface area contributed by atoms with Gasteiger partial charge in [-0.25, -0.2) is 8.42 Å². The molecule has 138 valence electrons. The van der Waals surface area contributed by atoms with Crippen molar-refractivity contribution in [2.24, 2.45) is 0 Å². The van der Waals surface area contributed by atoms with Gasteiger partial charge in [0.05, 0.1) is 17.6 Å². The lowest BCUT2D eigenvalue weighted by Crippen LogP contribution is -2.20. The number of sulfonamides is 1. The molecule has 0 amide bonds. The van der Waals surface area contributed by atoms with Crippen molar-refractivity contribution in [1.29, 1.82) is 0 Å². The molecule has 0 atom stereocenters. The molecule has 3 rings (SSSR count). The predicted molar refractivity (Wildman–Crippen MR) is 109 cm³/mol. The lowest BCUT2D eigenvalue weighted by molar-refractivity contribution is 0.609. The minimum atomic E-state index is -3.72. The summed E-state index contributed by atoms with van der Waals surface area (Å²) in [5.74, 6) is 0. The van der Waals surface area contributed by atoms with Crippen LogP contribution in [0.1, 0.15) is 11.1 Å². The standard InChI is InChI=1S/C20H17ClN2O3S/c21-19-9-5-4-8-17(19)14-23-15-18(10-11-20(23)24)22-27(25,26)13-12-16-6-2-1-3-7-16/h1-13,15,22H,14H2/b13-12+. The Bertz CT molecular complexity index is 1120. The fraction of sp³-hybridized carbons (Fsp3) is 0.0500. The lowest BCUT2D eigenvalue weighted by Gasteiger charge is -2.10. The Kier molecular flexibility index (Phi) is 5.78. The number of nitrogens with zero attached hydrogens (tertiary/aromatic N) is 1. The maximum Gasteiger partial charge on any atom is 0.255 e. The number of aromatic nitrogens is 1. The topological polar surface area (TPSA) is 68.2 Å². The van der Waals surface area contributed by atoms with Crippen molar-refractivity contribution in [2.45, 2.75) is 6.54 Å². The van der Waals surface area contributed by atoms with Crippen molar-refractivity contribution in [1.82, 2.24) is 4.57 Å². The molecule has 1 aromatic heterocycles. The summed E-state index contributed by atoms with van der Waals surface area (Å²) in [6, 6.07) is 19.0. The van der Waals surface area contributed by atoms with E-state index in [1.54, 1.807) is 24.3 Å². The van der Waals surface area contributed by atoms with E-state index in [9.17, 15) is 13.2 Å². The van der Waals surface area contributed by atoms with Gasteiger partial charge in [-0.15, -0.1) is 0 Å². The number of rotatable bonds is 6. The molecule has 0 saturated carbocycles. The highest BCUT2D eigenvalue weighted by atomic mass is 35.5. The molecule has 1 heterocycles. The molecule has 27 heavy (non-hydrogen) atoms. The van der Waals surface area contributed by atoms with Crippen LogP contribution in [0.3, 0.4) is 0 Å². The van der Waals surface area contributed by atoms with Crippen molar-refractivity contribution in [3.8, 4) is 0 Å². The van der Waals surface area contributed by atoms with Gasteiger partial charge in [-0.3, -0.25) is 9.52 Å². The third-order valence-electron chi connectivity index (χ3n) is 3.78. The van der Waals surface area contributed by atoms with Crippen LogP contribution < -0.4 is 10.3 Å². The number of hydrogen-bond donors (Lipinski definition) is 1. The van der Waals surface area contributed by atoms with E-state index in [1.807, 2.05) is 30.3 Å². The first kappa shape index (κ1) is 18.9. The number of hydrogen-bond acceptors (Lipinski definition) is 3. The van der Waals surface area contributed by atoms with Crippen LogP contribution in [0.25, 0.3) is 6.08 Å². The summed E-state index contributed by atoms with van der Waals surface area (Å²) in [7, 11) is -3.72. The van der Waals surface area contributed by atoms with Crippen molar-refractivity contribution >= 4 is 33.4 Å². The van der Waals surface area contributed by atoms with E-state index in [-0.39, 0.29) is 12.1 Å². The number of halogens is 1. The largest absolute Gasteiger partial charge is 0.309 e. The molecule has 5 nitrogen and oxygen atoms in total. The normalized spacial score (nSPS) is 11.6. The molecule has 0 radical (unpaired) electrons. The van der Waals surface area contributed by atoms with E-state index >= 15 is 0 Å². The lowest BCUT2D eigenvalue weighted by atomic mass is 10.2. The quantitative estimate of drug-likeness (QED) is 0.680. The molecule has 7 heteroatoms. The van der Waals surface area contributed by atoms with E-state index in [0.717, 1.165) is 16.5 Å². The predicted octanol–water partition coefficient (Wildman–Crippen LogP) is 3.96. The molecule has 0 unspecified atom stereocenters. The van der Waals surface area contributed by atoms with Gasteiger partial charge in [0.15, 0.2) is 0 Å². The van der Waals surface area contributed by atoms with E-state index < -0.39 is 10.0 Å². The van der Waals surface area contributed by atoms with E-state index in [4.69, 9.17) is 11.6 Å².